The van der Waals surface area contributed by atoms with Gasteiger partial charge in [0.25, 0.3) is 0 Å². The van der Waals surface area contributed by atoms with Crippen molar-refractivity contribution in [3.8, 4) is 5.75 Å². The number of ether oxygens (including phenoxy) is 1. The predicted octanol–water partition coefficient (Wildman–Crippen LogP) is 2.76. The lowest BCUT2D eigenvalue weighted by molar-refractivity contribution is 0.245. The molecule has 108 valence electrons. The van der Waals surface area contributed by atoms with Gasteiger partial charge in [-0.1, -0.05) is 19.0 Å². The Bertz CT molecular complexity index is 564. The van der Waals surface area contributed by atoms with Crippen molar-refractivity contribution in [3.05, 3.63) is 41.0 Å². The van der Waals surface area contributed by atoms with Gasteiger partial charge in [0.1, 0.15) is 12.4 Å². The molecule has 5 heteroatoms. The minimum absolute atomic E-state index is 0.361. The molecule has 0 unspecified atom stereocenters. The van der Waals surface area contributed by atoms with E-state index in [1.807, 2.05) is 32.0 Å². The first-order valence-electron chi connectivity index (χ1n) is 6.79. The Morgan fingerprint density at radius 2 is 2.05 bits per heavy atom. The number of aryl methyl sites for hydroxylation is 2. The first kappa shape index (κ1) is 14.5. The van der Waals surface area contributed by atoms with Gasteiger partial charge in [0.2, 0.25) is 0 Å². The third-order valence-corrected chi connectivity index (χ3v) is 2.80. The fourth-order valence-corrected chi connectivity index (χ4v) is 1.79. The monoisotopic (exact) mass is 275 g/mol. The van der Waals surface area contributed by atoms with Crippen LogP contribution in [0.25, 0.3) is 0 Å². The highest BCUT2D eigenvalue weighted by molar-refractivity contribution is 5.29. The largest absolute Gasteiger partial charge is 0.484 e. The molecule has 0 saturated heterocycles. The lowest BCUT2D eigenvalue weighted by Gasteiger charge is -2.13. The fourth-order valence-electron chi connectivity index (χ4n) is 1.79. The van der Waals surface area contributed by atoms with Crippen LogP contribution in [0.1, 0.15) is 36.7 Å². The fraction of sp³-hybridized carbons (Fsp3) is 0.467. The summed E-state index contributed by atoms with van der Waals surface area (Å²) in [5.41, 5.74) is 2.75. The molecule has 2 rings (SSSR count). The van der Waals surface area contributed by atoms with Gasteiger partial charge in [-0.15, -0.1) is 0 Å². The van der Waals surface area contributed by atoms with Crippen LogP contribution in [0, 0.1) is 13.8 Å². The summed E-state index contributed by atoms with van der Waals surface area (Å²) in [6, 6.07) is 6.17. The summed E-state index contributed by atoms with van der Waals surface area (Å²) >= 11 is 0. The summed E-state index contributed by atoms with van der Waals surface area (Å²) in [5.74, 6) is 1.49. The molecule has 0 aliphatic heterocycles. The third kappa shape index (κ3) is 4.06. The molecule has 0 atom stereocenters. The van der Waals surface area contributed by atoms with Crippen LogP contribution in [0.2, 0.25) is 0 Å². The van der Waals surface area contributed by atoms with Crippen molar-refractivity contribution in [3.63, 3.8) is 0 Å². The van der Waals surface area contributed by atoms with Gasteiger partial charge in [-0.2, -0.15) is 0 Å². The maximum atomic E-state index is 5.79. The standard InChI is InChI=1S/C15H21N3O2/c1-10(2)16-8-14-15(6-5-11(3)17-14)19-9-13-7-12(4)18-20-13/h5-7,10,16H,8-9H2,1-4H3. The molecule has 0 aromatic carbocycles. The molecule has 0 fully saturated rings. The number of pyridine rings is 1. The number of nitrogens with one attached hydrogen (secondary N) is 1. The van der Waals surface area contributed by atoms with Gasteiger partial charge in [-0.25, -0.2) is 0 Å². The Morgan fingerprint density at radius 3 is 2.70 bits per heavy atom. The van der Waals surface area contributed by atoms with E-state index in [1.165, 1.54) is 0 Å². The maximum absolute atomic E-state index is 5.79. The molecule has 0 aliphatic rings. The summed E-state index contributed by atoms with van der Waals surface area (Å²) in [6.45, 7) is 9.12. The second kappa shape index (κ2) is 6.52. The van der Waals surface area contributed by atoms with Crippen LogP contribution >= 0.6 is 0 Å². The maximum Gasteiger partial charge on any atom is 0.174 e. The van der Waals surface area contributed by atoms with Crippen molar-refractivity contribution in [2.75, 3.05) is 0 Å². The Morgan fingerprint density at radius 1 is 1.25 bits per heavy atom. The van der Waals surface area contributed by atoms with E-state index in [2.05, 4.69) is 29.3 Å². The molecular weight excluding hydrogens is 254 g/mol. The van der Waals surface area contributed by atoms with Crippen molar-refractivity contribution in [1.29, 1.82) is 0 Å². The van der Waals surface area contributed by atoms with E-state index in [0.717, 1.165) is 22.8 Å². The Balaban J connectivity index is 2.05. The van der Waals surface area contributed by atoms with Gasteiger partial charge in [0, 0.05) is 24.3 Å². The summed E-state index contributed by atoms with van der Waals surface area (Å²) in [4.78, 5) is 4.53. The first-order valence-corrected chi connectivity index (χ1v) is 6.79. The molecule has 1 N–H and O–H groups in total. The molecule has 0 aliphatic carbocycles. The topological polar surface area (TPSA) is 60.2 Å². The average molecular weight is 275 g/mol. The van der Waals surface area contributed by atoms with Gasteiger partial charge < -0.3 is 14.6 Å². The molecule has 2 heterocycles. The highest BCUT2D eigenvalue weighted by Crippen LogP contribution is 2.19. The second-order valence-electron chi connectivity index (χ2n) is 5.16. The van der Waals surface area contributed by atoms with E-state index in [-0.39, 0.29) is 0 Å². The number of hydrogen-bond donors (Lipinski definition) is 1. The summed E-state index contributed by atoms with van der Waals surface area (Å²) in [5, 5.41) is 7.20. The normalized spacial score (nSPS) is 11.1. The van der Waals surface area contributed by atoms with Gasteiger partial charge in [0.15, 0.2) is 5.76 Å². The number of nitrogens with zero attached hydrogens (tertiary/aromatic N) is 2. The Kier molecular flexibility index (Phi) is 4.74. The zero-order valence-electron chi connectivity index (χ0n) is 12.4. The molecular formula is C15H21N3O2. The Hall–Kier alpha value is -1.88. The second-order valence-corrected chi connectivity index (χ2v) is 5.16. The lowest BCUT2D eigenvalue weighted by Crippen LogP contribution is -2.23. The van der Waals surface area contributed by atoms with Gasteiger partial charge in [-0.05, 0) is 26.0 Å². The van der Waals surface area contributed by atoms with E-state index in [1.54, 1.807) is 0 Å². The van der Waals surface area contributed by atoms with Gasteiger partial charge in [0.05, 0.1) is 11.4 Å². The van der Waals surface area contributed by atoms with Crippen LogP contribution in [0.15, 0.2) is 22.7 Å². The summed E-state index contributed by atoms with van der Waals surface area (Å²) in [6.07, 6.45) is 0. The number of aromatic nitrogens is 2. The van der Waals surface area contributed by atoms with Crippen LogP contribution in [0.4, 0.5) is 0 Å². The van der Waals surface area contributed by atoms with E-state index in [9.17, 15) is 0 Å². The molecule has 0 bridgehead atoms. The van der Waals surface area contributed by atoms with Gasteiger partial charge in [-0.3, -0.25) is 4.98 Å². The van der Waals surface area contributed by atoms with E-state index in [4.69, 9.17) is 9.26 Å². The molecule has 0 saturated carbocycles. The van der Waals surface area contributed by atoms with Crippen molar-refractivity contribution in [1.82, 2.24) is 15.5 Å². The number of rotatable bonds is 6. The van der Waals surface area contributed by atoms with Crippen molar-refractivity contribution >= 4 is 0 Å². The Labute approximate surface area is 119 Å². The number of hydrogen-bond acceptors (Lipinski definition) is 5. The zero-order chi connectivity index (χ0) is 14.5. The third-order valence-electron chi connectivity index (χ3n) is 2.80. The van der Waals surface area contributed by atoms with Crippen molar-refractivity contribution in [2.45, 2.75) is 46.9 Å². The SMILES string of the molecule is Cc1cc(COc2ccc(C)nc2CNC(C)C)on1. The smallest absolute Gasteiger partial charge is 0.174 e. The van der Waals surface area contributed by atoms with Crippen LogP contribution in [-0.4, -0.2) is 16.2 Å². The summed E-state index contributed by atoms with van der Waals surface area (Å²) in [7, 11) is 0. The van der Waals surface area contributed by atoms with E-state index in [0.29, 0.717) is 25.0 Å². The molecule has 0 spiro atoms. The predicted molar refractivity (Wildman–Crippen MR) is 76.5 cm³/mol. The molecule has 5 nitrogen and oxygen atoms in total. The molecule has 0 radical (unpaired) electrons. The van der Waals surface area contributed by atoms with Crippen LogP contribution in [0.5, 0.6) is 5.75 Å². The average Bonchev–Trinajstić information content (AvgIpc) is 2.81. The quantitative estimate of drug-likeness (QED) is 0.878. The van der Waals surface area contributed by atoms with Crippen LogP contribution < -0.4 is 10.1 Å². The van der Waals surface area contributed by atoms with Crippen molar-refractivity contribution in [2.24, 2.45) is 0 Å². The molecule has 0 amide bonds. The molecule has 20 heavy (non-hydrogen) atoms. The van der Waals surface area contributed by atoms with Crippen LogP contribution in [-0.2, 0) is 13.2 Å². The van der Waals surface area contributed by atoms with E-state index < -0.39 is 0 Å². The van der Waals surface area contributed by atoms with Gasteiger partial charge >= 0.3 is 0 Å². The van der Waals surface area contributed by atoms with E-state index >= 15 is 0 Å². The lowest BCUT2D eigenvalue weighted by atomic mass is 10.2. The first-order chi connectivity index (χ1) is 9.54. The molecule has 2 aromatic rings. The molecule has 2 aromatic heterocycles. The van der Waals surface area contributed by atoms with Crippen molar-refractivity contribution < 1.29 is 9.26 Å². The summed E-state index contributed by atoms with van der Waals surface area (Å²) < 4.78 is 10.9. The minimum atomic E-state index is 0.361. The van der Waals surface area contributed by atoms with Crippen LogP contribution in [0.3, 0.4) is 0 Å². The minimum Gasteiger partial charge on any atom is -0.484 e. The zero-order valence-corrected chi connectivity index (χ0v) is 12.4. The highest BCUT2D eigenvalue weighted by Gasteiger charge is 2.08. The highest BCUT2D eigenvalue weighted by atomic mass is 16.5.